The van der Waals surface area contributed by atoms with Crippen molar-refractivity contribution < 1.29 is 9.84 Å². The number of aliphatic hydroxyl groups excluding tert-OH is 1. The van der Waals surface area contributed by atoms with Crippen molar-refractivity contribution >= 4 is 0 Å². The maximum atomic E-state index is 9.68. The van der Waals surface area contributed by atoms with Crippen molar-refractivity contribution in [1.82, 2.24) is 9.97 Å². The van der Waals surface area contributed by atoms with Gasteiger partial charge in [-0.25, -0.2) is 9.97 Å². The molecule has 0 spiro atoms. The Morgan fingerprint density at radius 1 is 1.64 bits per heavy atom. The van der Waals surface area contributed by atoms with E-state index in [0.29, 0.717) is 12.5 Å². The number of nitrogens with zero attached hydrogens (tertiary/aromatic N) is 2. The summed E-state index contributed by atoms with van der Waals surface area (Å²) in [6, 6.07) is 0. The van der Waals surface area contributed by atoms with Crippen LogP contribution in [0.5, 0.6) is 0 Å². The summed E-state index contributed by atoms with van der Waals surface area (Å²) in [6.45, 7) is 2.34. The van der Waals surface area contributed by atoms with Crippen LogP contribution in [0.4, 0.5) is 0 Å². The molecule has 1 fully saturated rings. The van der Waals surface area contributed by atoms with Gasteiger partial charge in [0.25, 0.3) is 0 Å². The highest BCUT2D eigenvalue weighted by molar-refractivity contribution is 5.24. The molecule has 4 nitrogen and oxygen atoms in total. The third-order valence-electron chi connectivity index (χ3n) is 2.33. The van der Waals surface area contributed by atoms with Crippen molar-refractivity contribution in [2.75, 3.05) is 6.61 Å². The number of rotatable bonds is 4. The molecule has 4 heteroatoms. The molecule has 1 N–H and O–H groups in total. The van der Waals surface area contributed by atoms with Crippen LogP contribution in [-0.2, 0) is 4.74 Å². The minimum Gasteiger partial charge on any atom is -0.364 e. The zero-order valence-corrected chi connectivity index (χ0v) is 8.18. The minimum absolute atomic E-state index is 0.486. The van der Waals surface area contributed by atoms with E-state index in [9.17, 15) is 5.11 Å². The molecule has 1 aromatic rings. The van der Waals surface area contributed by atoms with Crippen LogP contribution in [0.3, 0.4) is 0 Å². The summed E-state index contributed by atoms with van der Waals surface area (Å²) in [5, 5.41) is 9.68. The van der Waals surface area contributed by atoms with Gasteiger partial charge in [0, 0.05) is 24.3 Å². The first-order valence-corrected chi connectivity index (χ1v) is 4.92. The normalized spacial score (nSPS) is 18.1. The van der Waals surface area contributed by atoms with E-state index >= 15 is 0 Å². The highest BCUT2D eigenvalue weighted by atomic mass is 16.6. The Bertz CT molecular complexity index is 313. The first-order valence-electron chi connectivity index (χ1n) is 4.92. The molecule has 2 rings (SSSR count). The highest BCUT2D eigenvalue weighted by Crippen LogP contribution is 2.41. The summed E-state index contributed by atoms with van der Waals surface area (Å²) < 4.78 is 5.12. The van der Waals surface area contributed by atoms with Gasteiger partial charge in [0.15, 0.2) is 6.29 Å². The van der Waals surface area contributed by atoms with Gasteiger partial charge in [-0.3, -0.25) is 0 Å². The maximum Gasteiger partial charge on any atom is 0.184 e. The molecule has 14 heavy (non-hydrogen) atoms. The fraction of sp³-hybridized carbons (Fsp3) is 0.600. The van der Waals surface area contributed by atoms with Gasteiger partial charge in [0.2, 0.25) is 0 Å². The van der Waals surface area contributed by atoms with Gasteiger partial charge in [-0.05, 0) is 19.8 Å². The van der Waals surface area contributed by atoms with E-state index < -0.39 is 6.29 Å². The van der Waals surface area contributed by atoms with E-state index in [4.69, 9.17) is 4.74 Å². The zero-order valence-electron chi connectivity index (χ0n) is 8.18. The summed E-state index contributed by atoms with van der Waals surface area (Å²) in [5.74, 6) is 0.503. The summed E-state index contributed by atoms with van der Waals surface area (Å²) in [7, 11) is 0. The molecule has 1 aliphatic rings. The fourth-order valence-corrected chi connectivity index (χ4v) is 1.49. The van der Waals surface area contributed by atoms with Crippen molar-refractivity contribution in [2.24, 2.45) is 0 Å². The van der Waals surface area contributed by atoms with Crippen LogP contribution in [-0.4, -0.2) is 21.7 Å². The van der Waals surface area contributed by atoms with E-state index in [1.165, 1.54) is 6.33 Å². The molecule has 1 saturated carbocycles. The number of ether oxygens (including phenoxy) is 1. The molecular weight excluding hydrogens is 180 g/mol. The quantitative estimate of drug-likeness (QED) is 0.736. The van der Waals surface area contributed by atoms with E-state index in [1.54, 1.807) is 6.20 Å². The summed E-state index contributed by atoms with van der Waals surface area (Å²) in [6.07, 6.45) is 4.60. The topological polar surface area (TPSA) is 55.2 Å². The van der Waals surface area contributed by atoms with Crippen LogP contribution in [0.2, 0.25) is 0 Å². The minimum atomic E-state index is -0.878. The Balaban J connectivity index is 2.21. The van der Waals surface area contributed by atoms with Crippen LogP contribution < -0.4 is 0 Å². The number of aromatic nitrogens is 2. The van der Waals surface area contributed by atoms with Gasteiger partial charge in [0.05, 0.1) is 5.69 Å². The number of hydrogen-bond acceptors (Lipinski definition) is 4. The standard InChI is InChI=1S/C10H14N2O2/c1-2-14-10(13)8-5-11-6-12-9(8)7-3-4-7/h5-7,10,13H,2-4H2,1H3. The summed E-state index contributed by atoms with van der Waals surface area (Å²) in [4.78, 5) is 8.10. The molecule has 0 aliphatic heterocycles. The van der Waals surface area contributed by atoms with E-state index in [1.807, 2.05) is 6.92 Å². The van der Waals surface area contributed by atoms with E-state index in [0.717, 1.165) is 24.1 Å². The molecule has 1 aliphatic carbocycles. The van der Waals surface area contributed by atoms with Crippen LogP contribution in [0.25, 0.3) is 0 Å². The third-order valence-corrected chi connectivity index (χ3v) is 2.33. The van der Waals surface area contributed by atoms with Crippen LogP contribution in [0, 0.1) is 0 Å². The monoisotopic (exact) mass is 194 g/mol. The van der Waals surface area contributed by atoms with Gasteiger partial charge in [-0.15, -0.1) is 0 Å². The van der Waals surface area contributed by atoms with Crippen molar-refractivity contribution in [3.63, 3.8) is 0 Å². The Hall–Kier alpha value is -1.00. The average Bonchev–Trinajstić information content (AvgIpc) is 3.01. The zero-order chi connectivity index (χ0) is 9.97. The fourth-order valence-electron chi connectivity index (χ4n) is 1.49. The molecule has 0 radical (unpaired) electrons. The largest absolute Gasteiger partial charge is 0.364 e. The number of hydrogen-bond donors (Lipinski definition) is 1. The third kappa shape index (κ3) is 1.91. The van der Waals surface area contributed by atoms with Crippen LogP contribution in [0.15, 0.2) is 12.5 Å². The highest BCUT2D eigenvalue weighted by Gasteiger charge is 2.29. The molecular formula is C10H14N2O2. The molecule has 76 valence electrons. The molecule has 1 atom stereocenters. The van der Waals surface area contributed by atoms with E-state index in [-0.39, 0.29) is 0 Å². The predicted molar refractivity (Wildman–Crippen MR) is 50.6 cm³/mol. The molecule has 1 heterocycles. The Labute approximate surface area is 83.0 Å². The second-order valence-corrected chi connectivity index (χ2v) is 3.45. The van der Waals surface area contributed by atoms with E-state index in [2.05, 4.69) is 9.97 Å². The van der Waals surface area contributed by atoms with Gasteiger partial charge >= 0.3 is 0 Å². The molecule has 0 aromatic carbocycles. The molecule has 0 amide bonds. The molecule has 0 saturated heterocycles. The first kappa shape index (κ1) is 9.55. The maximum absolute atomic E-state index is 9.68. The SMILES string of the molecule is CCOC(O)c1cncnc1C1CC1. The second kappa shape index (κ2) is 4.02. The predicted octanol–water partition coefficient (Wildman–Crippen LogP) is 1.38. The van der Waals surface area contributed by atoms with Crippen molar-refractivity contribution in [3.8, 4) is 0 Å². The lowest BCUT2D eigenvalue weighted by Gasteiger charge is -2.13. The van der Waals surface area contributed by atoms with Gasteiger partial charge < -0.3 is 9.84 Å². The lowest BCUT2D eigenvalue weighted by Crippen LogP contribution is -2.07. The first-order chi connectivity index (χ1) is 6.83. The van der Waals surface area contributed by atoms with Gasteiger partial charge in [-0.1, -0.05) is 0 Å². The molecule has 0 bridgehead atoms. The van der Waals surface area contributed by atoms with Crippen molar-refractivity contribution in [1.29, 1.82) is 0 Å². The molecule has 1 aromatic heterocycles. The summed E-state index contributed by atoms with van der Waals surface area (Å²) >= 11 is 0. The lowest BCUT2D eigenvalue weighted by molar-refractivity contribution is -0.0989. The Kier molecular flexibility index (Phi) is 2.74. The summed E-state index contributed by atoms with van der Waals surface area (Å²) in [5.41, 5.74) is 1.66. The van der Waals surface area contributed by atoms with Gasteiger partial charge in [-0.2, -0.15) is 0 Å². The van der Waals surface area contributed by atoms with Crippen LogP contribution >= 0.6 is 0 Å². The lowest BCUT2D eigenvalue weighted by atomic mass is 10.1. The smallest absolute Gasteiger partial charge is 0.184 e. The average molecular weight is 194 g/mol. The van der Waals surface area contributed by atoms with Gasteiger partial charge in [0.1, 0.15) is 6.33 Å². The van der Waals surface area contributed by atoms with Crippen molar-refractivity contribution in [2.45, 2.75) is 32.0 Å². The number of aliphatic hydroxyl groups is 1. The van der Waals surface area contributed by atoms with Crippen LogP contribution in [0.1, 0.15) is 43.2 Å². The Morgan fingerprint density at radius 3 is 3.07 bits per heavy atom. The molecule has 1 unspecified atom stereocenters. The Morgan fingerprint density at radius 2 is 2.43 bits per heavy atom. The van der Waals surface area contributed by atoms with Crippen molar-refractivity contribution in [3.05, 3.63) is 23.8 Å². The second-order valence-electron chi connectivity index (χ2n) is 3.45.